The number of nitrogens with two attached hydrogens (primary N) is 1. The SMILES string of the molecule is CN1C(=O)CC(C)(c2cccc(-c3cccc(OCc4ccccc4)c3)c2)N=C1N. The van der Waals surface area contributed by atoms with Gasteiger partial charge in [0.25, 0.3) is 0 Å². The summed E-state index contributed by atoms with van der Waals surface area (Å²) in [5.74, 6) is 1.02. The predicted molar refractivity (Wildman–Crippen MR) is 119 cm³/mol. The van der Waals surface area contributed by atoms with Crippen molar-refractivity contribution in [1.29, 1.82) is 0 Å². The lowest BCUT2D eigenvalue weighted by Crippen LogP contribution is -2.47. The van der Waals surface area contributed by atoms with E-state index in [0.29, 0.717) is 6.61 Å². The van der Waals surface area contributed by atoms with E-state index in [0.717, 1.165) is 28.0 Å². The van der Waals surface area contributed by atoms with Crippen LogP contribution >= 0.6 is 0 Å². The van der Waals surface area contributed by atoms with E-state index in [9.17, 15) is 4.79 Å². The minimum absolute atomic E-state index is 0.0355. The van der Waals surface area contributed by atoms with Gasteiger partial charge in [0.15, 0.2) is 5.96 Å². The van der Waals surface area contributed by atoms with E-state index in [2.05, 4.69) is 11.1 Å². The molecule has 5 heteroatoms. The number of carbonyl (C=O) groups is 1. The maximum Gasteiger partial charge on any atom is 0.231 e. The van der Waals surface area contributed by atoms with Crippen LogP contribution in [-0.4, -0.2) is 23.8 Å². The van der Waals surface area contributed by atoms with Crippen molar-refractivity contribution in [2.75, 3.05) is 7.05 Å². The molecular formula is C25H25N3O2. The Morgan fingerprint density at radius 2 is 1.70 bits per heavy atom. The molecule has 0 saturated heterocycles. The van der Waals surface area contributed by atoms with Gasteiger partial charge in [-0.05, 0) is 47.4 Å². The van der Waals surface area contributed by atoms with Gasteiger partial charge in [0.05, 0.1) is 12.0 Å². The fourth-order valence-electron chi connectivity index (χ4n) is 3.61. The van der Waals surface area contributed by atoms with Crippen LogP contribution in [0.25, 0.3) is 11.1 Å². The first-order chi connectivity index (χ1) is 14.4. The number of amides is 1. The number of rotatable bonds is 5. The van der Waals surface area contributed by atoms with Gasteiger partial charge in [-0.3, -0.25) is 9.69 Å². The quantitative estimate of drug-likeness (QED) is 0.695. The number of hydrogen-bond donors (Lipinski definition) is 1. The molecule has 0 saturated carbocycles. The molecule has 152 valence electrons. The summed E-state index contributed by atoms with van der Waals surface area (Å²) in [6.07, 6.45) is 0.286. The van der Waals surface area contributed by atoms with Crippen LogP contribution in [0.5, 0.6) is 5.75 Å². The van der Waals surface area contributed by atoms with Gasteiger partial charge in [-0.2, -0.15) is 0 Å². The van der Waals surface area contributed by atoms with Gasteiger partial charge in [0.1, 0.15) is 12.4 Å². The maximum atomic E-state index is 12.3. The van der Waals surface area contributed by atoms with Crippen molar-refractivity contribution in [3.05, 3.63) is 90.0 Å². The van der Waals surface area contributed by atoms with E-state index in [1.165, 1.54) is 4.90 Å². The second-order valence-electron chi connectivity index (χ2n) is 7.76. The largest absolute Gasteiger partial charge is 0.489 e. The third-order valence-corrected chi connectivity index (χ3v) is 5.47. The van der Waals surface area contributed by atoms with Crippen LogP contribution < -0.4 is 10.5 Å². The Hall–Kier alpha value is -3.60. The lowest BCUT2D eigenvalue weighted by molar-refractivity contribution is -0.128. The highest BCUT2D eigenvalue weighted by Gasteiger charge is 2.36. The molecule has 1 aliphatic rings. The topological polar surface area (TPSA) is 67.9 Å². The minimum Gasteiger partial charge on any atom is -0.489 e. The average Bonchev–Trinajstić information content (AvgIpc) is 2.77. The Morgan fingerprint density at radius 3 is 2.43 bits per heavy atom. The molecule has 3 aromatic carbocycles. The molecule has 1 heterocycles. The normalized spacial score (nSPS) is 18.8. The van der Waals surface area contributed by atoms with Crippen molar-refractivity contribution < 1.29 is 9.53 Å². The minimum atomic E-state index is -0.675. The van der Waals surface area contributed by atoms with E-state index in [1.54, 1.807) is 7.05 Å². The Kier molecular flexibility index (Phi) is 5.27. The van der Waals surface area contributed by atoms with Crippen molar-refractivity contribution in [3.63, 3.8) is 0 Å². The molecule has 1 unspecified atom stereocenters. The van der Waals surface area contributed by atoms with Gasteiger partial charge in [-0.15, -0.1) is 0 Å². The number of carbonyl (C=O) groups excluding carboxylic acids is 1. The molecule has 0 radical (unpaired) electrons. The number of nitrogens with zero attached hydrogens (tertiary/aromatic N) is 2. The Bertz CT molecular complexity index is 1090. The molecule has 0 bridgehead atoms. The van der Waals surface area contributed by atoms with Crippen LogP contribution in [0.4, 0.5) is 0 Å². The van der Waals surface area contributed by atoms with Crippen molar-refractivity contribution in [1.82, 2.24) is 4.90 Å². The van der Waals surface area contributed by atoms with Crippen LogP contribution in [0.2, 0.25) is 0 Å². The van der Waals surface area contributed by atoms with Crippen molar-refractivity contribution >= 4 is 11.9 Å². The first-order valence-corrected chi connectivity index (χ1v) is 9.94. The standard InChI is InChI=1S/C25H25N3O2/c1-25(16-23(29)28(2)24(26)27-25)21-12-6-10-19(14-21)20-11-7-13-22(15-20)30-17-18-8-4-3-5-9-18/h3-15H,16-17H2,1-2H3,(H2,26,27). The molecule has 0 spiro atoms. The van der Waals surface area contributed by atoms with Gasteiger partial charge in [-0.25, -0.2) is 4.99 Å². The number of hydrogen-bond acceptors (Lipinski definition) is 4. The molecule has 3 aromatic rings. The van der Waals surface area contributed by atoms with Crippen molar-refractivity contribution in [2.24, 2.45) is 10.7 Å². The summed E-state index contributed by atoms with van der Waals surface area (Å²) in [5, 5.41) is 0. The zero-order valence-corrected chi connectivity index (χ0v) is 17.2. The van der Waals surface area contributed by atoms with E-state index in [1.807, 2.05) is 79.7 Å². The number of benzene rings is 3. The highest BCUT2D eigenvalue weighted by molar-refractivity contribution is 5.98. The first kappa shape index (κ1) is 19.7. The fraction of sp³-hybridized carbons (Fsp3) is 0.200. The predicted octanol–water partition coefficient (Wildman–Crippen LogP) is 4.32. The van der Waals surface area contributed by atoms with Gasteiger partial charge in [0, 0.05) is 7.05 Å². The van der Waals surface area contributed by atoms with Crippen LogP contribution in [0.3, 0.4) is 0 Å². The third-order valence-electron chi connectivity index (χ3n) is 5.47. The van der Waals surface area contributed by atoms with E-state index >= 15 is 0 Å². The molecule has 0 fully saturated rings. The monoisotopic (exact) mass is 399 g/mol. The summed E-state index contributed by atoms with van der Waals surface area (Å²) in [5.41, 5.74) is 9.46. The molecule has 1 aliphatic heterocycles. The van der Waals surface area contributed by atoms with Gasteiger partial charge < -0.3 is 10.5 Å². The van der Waals surface area contributed by atoms with Crippen LogP contribution in [0, 0.1) is 0 Å². The summed E-state index contributed by atoms with van der Waals surface area (Å²) in [7, 11) is 1.65. The van der Waals surface area contributed by atoms with Crippen molar-refractivity contribution in [2.45, 2.75) is 25.5 Å². The molecule has 30 heavy (non-hydrogen) atoms. The van der Waals surface area contributed by atoms with Gasteiger partial charge in [-0.1, -0.05) is 60.7 Å². The van der Waals surface area contributed by atoms with E-state index in [4.69, 9.17) is 10.5 Å². The third kappa shape index (κ3) is 4.06. The second kappa shape index (κ2) is 8.03. The molecule has 0 aliphatic carbocycles. The Labute approximate surface area is 176 Å². The highest BCUT2D eigenvalue weighted by Crippen LogP contribution is 2.35. The van der Waals surface area contributed by atoms with E-state index < -0.39 is 5.54 Å². The van der Waals surface area contributed by atoms with Crippen molar-refractivity contribution in [3.8, 4) is 16.9 Å². The molecule has 4 rings (SSSR count). The summed E-state index contributed by atoms with van der Waals surface area (Å²) in [6.45, 7) is 2.47. The smallest absolute Gasteiger partial charge is 0.231 e. The molecule has 2 N–H and O–H groups in total. The maximum absolute atomic E-state index is 12.3. The zero-order chi connectivity index (χ0) is 21.1. The molecule has 1 amide bonds. The zero-order valence-electron chi connectivity index (χ0n) is 17.2. The number of ether oxygens (including phenoxy) is 1. The van der Waals surface area contributed by atoms with Crippen LogP contribution in [0.1, 0.15) is 24.5 Å². The lowest BCUT2D eigenvalue weighted by Gasteiger charge is -2.33. The number of aliphatic imine (C=N–C) groups is 1. The average molecular weight is 399 g/mol. The van der Waals surface area contributed by atoms with Crippen LogP contribution in [-0.2, 0) is 16.9 Å². The van der Waals surface area contributed by atoms with E-state index in [-0.39, 0.29) is 18.3 Å². The van der Waals surface area contributed by atoms with Gasteiger partial charge in [0.2, 0.25) is 5.91 Å². The summed E-state index contributed by atoms with van der Waals surface area (Å²) < 4.78 is 5.97. The molecule has 0 aromatic heterocycles. The second-order valence-corrected chi connectivity index (χ2v) is 7.76. The molecule has 1 atom stereocenters. The lowest BCUT2D eigenvalue weighted by atomic mass is 9.86. The van der Waals surface area contributed by atoms with Crippen LogP contribution in [0.15, 0.2) is 83.9 Å². The summed E-state index contributed by atoms with van der Waals surface area (Å²) in [4.78, 5) is 18.3. The molecule has 5 nitrogen and oxygen atoms in total. The van der Waals surface area contributed by atoms with Gasteiger partial charge >= 0.3 is 0 Å². The Morgan fingerprint density at radius 1 is 1.00 bits per heavy atom. The first-order valence-electron chi connectivity index (χ1n) is 9.94. The summed E-state index contributed by atoms with van der Waals surface area (Å²) in [6, 6.07) is 26.2. The molecular weight excluding hydrogens is 374 g/mol. The summed E-state index contributed by atoms with van der Waals surface area (Å²) >= 11 is 0. The Balaban J connectivity index is 1.59. The highest BCUT2D eigenvalue weighted by atomic mass is 16.5. The fourth-order valence-corrected chi connectivity index (χ4v) is 3.61. The number of guanidine groups is 1.